The lowest BCUT2D eigenvalue weighted by Crippen LogP contribution is -2.42. The summed E-state index contributed by atoms with van der Waals surface area (Å²) in [6, 6.07) is 15.2. The Hall–Kier alpha value is -1.49. The van der Waals surface area contributed by atoms with Gasteiger partial charge in [-0.15, -0.1) is 11.8 Å². The molecule has 29 heavy (non-hydrogen) atoms. The third-order valence-electron chi connectivity index (χ3n) is 6.23. The molecule has 0 saturated heterocycles. The number of amides is 1. The summed E-state index contributed by atoms with van der Waals surface area (Å²) in [6.07, 6.45) is 5.73. The number of carbonyl (C=O) groups excluding carboxylic acids is 1. The largest absolute Gasteiger partial charge is 0.386 e. The van der Waals surface area contributed by atoms with Crippen LogP contribution >= 0.6 is 23.4 Å². The Morgan fingerprint density at radius 2 is 1.90 bits per heavy atom. The van der Waals surface area contributed by atoms with Gasteiger partial charge in [-0.25, -0.2) is 0 Å². The van der Waals surface area contributed by atoms with E-state index >= 15 is 0 Å². The van der Waals surface area contributed by atoms with E-state index in [4.69, 9.17) is 11.6 Å². The monoisotopic (exact) mass is 431 g/mol. The van der Waals surface area contributed by atoms with Crippen molar-refractivity contribution in [1.29, 1.82) is 0 Å². The number of aliphatic hydroxyl groups excluding tert-OH is 1. The average Bonchev–Trinajstić information content (AvgIpc) is 2.71. The average molecular weight is 432 g/mol. The summed E-state index contributed by atoms with van der Waals surface area (Å²) in [5.74, 6) is 0.405. The van der Waals surface area contributed by atoms with Crippen LogP contribution in [0.15, 0.2) is 53.4 Å². The van der Waals surface area contributed by atoms with Crippen LogP contribution in [0.25, 0.3) is 0 Å². The normalized spacial score (nSPS) is 17.3. The first kappa shape index (κ1) is 22.2. The molecule has 0 aliphatic heterocycles. The minimum Gasteiger partial charge on any atom is -0.386 e. The summed E-state index contributed by atoms with van der Waals surface area (Å²) in [5, 5.41) is 11.5. The van der Waals surface area contributed by atoms with Gasteiger partial charge in [0.1, 0.15) is 0 Å². The Morgan fingerprint density at radius 3 is 2.45 bits per heavy atom. The molecule has 0 aromatic heterocycles. The van der Waals surface area contributed by atoms with Crippen LogP contribution in [-0.4, -0.2) is 35.3 Å². The van der Waals surface area contributed by atoms with Gasteiger partial charge < -0.3 is 10.0 Å². The number of carbonyl (C=O) groups is 1. The molecule has 0 radical (unpaired) electrons. The Labute approximate surface area is 183 Å². The molecule has 156 valence electrons. The fourth-order valence-corrected chi connectivity index (χ4v) is 4.81. The summed E-state index contributed by atoms with van der Waals surface area (Å²) in [4.78, 5) is 16.3. The second-order valence-corrected chi connectivity index (χ2v) is 9.28. The number of hydrogen-bond donors (Lipinski definition) is 1. The molecule has 1 fully saturated rings. The molecule has 5 heteroatoms. The Morgan fingerprint density at radius 1 is 1.21 bits per heavy atom. The molecule has 1 N–H and O–H groups in total. The van der Waals surface area contributed by atoms with Crippen LogP contribution in [0.1, 0.15) is 55.8 Å². The first-order chi connectivity index (χ1) is 13.9. The van der Waals surface area contributed by atoms with Crippen molar-refractivity contribution >= 4 is 29.3 Å². The van der Waals surface area contributed by atoms with Crippen LogP contribution in [-0.2, 0) is 4.79 Å². The lowest BCUT2D eigenvalue weighted by atomic mass is 9.76. The molecule has 3 rings (SSSR count). The van der Waals surface area contributed by atoms with Gasteiger partial charge in [0.15, 0.2) is 0 Å². The van der Waals surface area contributed by atoms with E-state index in [0.717, 1.165) is 22.4 Å². The van der Waals surface area contributed by atoms with Crippen molar-refractivity contribution < 1.29 is 9.90 Å². The number of thioether (sulfide) groups is 1. The minimum absolute atomic E-state index is 0.0485. The van der Waals surface area contributed by atoms with E-state index in [0.29, 0.717) is 10.9 Å². The van der Waals surface area contributed by atoms with Crippen molar-refractivity contribution in [1.82, 2.24) is 4.90 Å². The van der Waals surface area contributed by atoms with Gasteiger partial charge in [0.25, 0.3) is 0 Å². The Kier molecular flexibility index (Phi) is 7.66. The van der Waals surface area contributed by atoms with Crippen molar-refractivity contribution in [2.75, 3.05) is 13.3 Å². The molecule has 1 aliphatic carbocycles. The first-order valence-corrected chi connectivity index (χ1v) is 11.9. The number of likely N-dealkylation sites (N-methyl/N-ethyl adjacent to an activating group) is 1. The third kappa shape index (κ3) is 5.17. The molecule has 2 aromatic carbocycles. The van der Waals surface area contributed by atoms with E-state index in [1.165, 1.54) is 19.3 Å². The highest BCUT2D eigenvalue weighted by molar-refractivity contribution is 7.98. The molecule has 2 aromatic rings. The molecule has 3 nitrogen and oxygen atoms in total. The van der Waals surface area contributed by atoms with Crippen molar-refractivity contribution in [3.63, 3.8) is 0 Å². The maximum absolute atomic E-state index is 13.5. The van der Waals surface area contributed by atoms with Gasteiger partial charge in [-0.2, -0.15) is 0 Å². The van der Waals surface area contributed by atoms with Gasteiger partial charge in [-0.3, -0.25) is 4.79 Å². The summed E-state index contributed by atoms with van der Waals surface area (Å²) in [6.45, 7) is 1.90. The van der Waals surface area contributed by atoms with Crippen LogP contribution in [0.2, 0.25) is 5.02 Å². The molecule has 1 aliphatic rings. The molecule has 0 spiro atoms. The van der Waals surface area contributed by atoms with Crippen molar-refractivity contribution in [2.45, 2.75) is 55.6 Å². The summed E-state index contributed by atoms with van der Waals surface area (Å²) in [7, 11) is 1.80. The quantitative estimate of drug-likeness (QED) is 0.527. The van der Waals surface area contributed by atoms with Gasteiger partial charge >= 0.3 is 0 Å². The minimum atomic E-state index is -0.725. The van der Waals surface area contributed by atoms with Gasteiger partial charge in [-0.05, 0) is 48.8 Å². The molecule has 1 amide bonds. The van der Waals surface area contributed by atoms with E-state index in [1.807, 2.05) is 61.7 Å². The first-order valence-electron chi connectivity index (χ1n) is 10.3. The fraction of sp³-hybridized carbons (Fsp3) is 0.458. The van der Waals surface area contributed by atoms with Crippen LogP contribution in [0.5, 0.6) is 0 Å². The zero-order valence-corrected chi connectivity index (χ0v) is 18.9. The Bertz CT molecular complexity index is 825. The van der Waals surface area contributed by atoms with Crippen LogP contribution in [0, 0.1) is 5.92 Å². The van der Waals surface area contributed by atoms with Crippen LogP contribution in [0.3, 0.4) is 0 Å². The van der Waals surface area contributed by atoms with E-state index in [1.54, 1.807) is 23.7 Å². The van der Waals surface area contributed by atoms with E-state index in [2.05, 4.69) is 0 Å². The van der Waals surface area contributed by atoms with Crippen LogP contribution in [0.4, 0.5) is 0 Å². The SMILES string of the molecule is CSc1ccc(C(CC2CCC2)C(=O)N(C)[C@H](C)[C@H](O)c2ccccc2)cc1Cl. The lowest BCUT2D eigenvalue weighted by molar-refractivity contribution is -0.136. The second-order valence-electron chi connectivity index (χ2n) is 8.02. The topological polar surface area (TPSA) is 40.5 Å². The van der Waals surface area contributed by atoms with E-state index in [-0.39, 0.29) is 17.9 Å². The molecule has 1 saturated carbocycles. The number of rotatable bonds is 8. The Balaban J connectivity index is 1.82. The summed E-state index contributed by atoms with van der Waals surface area (Å²) < 4.78 is 0. The van der Waals surface area contributed by atoms with Crippen molar-refractivity contribution in [3.05, 3.63) is 64.7 Å². The van der Waals surface area contributed by atoms with Crippen molar-refractivity contribution in [3.8, 4) is 0 Å². The predicted octanol–water partition coefficient (Wildman–Crippen LogP) is 5.92. The van der Waals surface area contributed by atoms with Gasteiger partial charge in [0.05, 0.1) is 23.1 Å². The van der Waals surface area contributed by atoms with Gasteiger partial charge in [0, 0.05) is 11.9 Å². The summed E-state index contributed by atoms with van der Waals surface area (Å²) in [5.41, 5.74) is 1.79. The molecule has 0 bridgehead atoms. The molecule has 3 atom stereocenters. The zero-order valence-electron chi connectivity index (χ0n) is 17.3. The highest BCUT2D eigenvalue weighted by Gasteiger charge is 2.33. The highest BCUT2D eigenvalue weighted by atomic mass is 35.5. The fourth-order valence-electron chi connectivity index (χ4n) is 3.93. The molecule has 1 unspecified atom stereocenters. The number of nitrogens with zero attached hydrogens (tertiary/aromatic N) is 1. The van der Waals surface area contributed by atoms with E-state index < -0.39 is 6.10 Å². The number of aliphatic hydroxyl groups is 1. The highest BCUT2D eigenvalue weighted by Crippen LogP contribution is 2.39. The number of benzene rings is 2. The third-order valence-corrected chi connectivity index (χ3v) is 7.45. The van der Waals surface area contributed by atoms with Crippen molar-refractivity contribution in [2.24, 2.45) is 5.92 Å². The lowest BCUT2D eigenvalue weighted by Gasteiger charge is -2.35. The maximum atomic E-state index is 13.5. The number of halogens is 1. The molecule has 0 heterocycles. The van der Waals surface area contributed by atoms with Gasteiger partial charge in [0.2, 0.25) is 5.91 Å². The van der Waals surface area contributed by atoms with Crippen LogP contribution < -0.4 is 0 Å². The smallest absolute Gasteiger partial charge is 0.230 e. The maximum Gasteiger partial charge on any atom is 0.230 e. The molecular formula is C24H30ClNO2S. The van der Waals surface area contributed by atoms with Gasteiger partial charge in [-0.1, -0.05) is 67.3 Å². The summed E-state index contributed by atoms with van der Waals surface area (Å²) >= 11 is 8.06. The zero-order chi connectivity index (χ0) is 21.0. The number of hydrogen-bond acceptors (Lipinski definition) is 3. The molecular weight excluding hydrogens is 402 g/mol. The van der Waals surface area contributed by atoms with E-state index in [9.17, 15) is 9.90 Å². The standard InChI is InChI=1S/C24H30ClNO2S/c1-16(23(27)18-10-5-4-6-11-18)26(2)24(28)20(14-17-8-7-9-17)19-12-13-22(29-3)21(25)15-19/h4-6,10-13,15-17,20,23,27H,7-9,14H2,1-3H3/t16-,20?,23+/m1/s1. The predicted molar refractivity (Wildman–Crippen MR) is 122 cm³/mol. The second kappa shape index (κ2) is 10.0.